The summed E-state index contributed by atoms with van der Waals surface area (Å²) >= 11 is 0. The molecule has 90 valence electrons. The Bertz CT molecular complexity index is 378. The number of hydrogen-bond acceptors (Lipinski definition) is 3. The van der Waals surface area contributed by atoms with Crippen LogP contribution < -0.4 is 0 Å². The van der Waals surface area contributed by atoms with E-state index in [0.717, 1.165) is 25.9 Å². The standard InChI is InChI=1S/C14H16O3/c15-14(12-6-2-1-3-7-12)17-11-5-9-13-8-4-10-16-13/h1-3,5-7,11,13H,4,8-10H2. The Morgan fingerprint density at radius 2 is 2.24 bits per heavy atom. The molecule has 1 aliphatic heterocycles. The van der Waals surface area contributed by atoms with Crippen molar-refractivity contribution in [1.82, 2.24) is 0 Å². The van der Waals surface area contributed by atoms with Gasteiger partial charge in [0.2, 0.25) is 0 Å². The molecule has 0 saturated carbocycles. The van der Waals surface area contributed by atoms with Crippen LogP contribution in [0.4, 0.5) is 0 Å². The average molecular weight is 232 g/mol. The van der Waals surface area contributed by atoms with E-state index in [-0.39, 0.29) is 5.97 Å². The zero-order valence-corrected chi connectivity index (χ0v) is 9.67. The molecular formula is C14H16O3. The number of hydrogen-bond donors (Lipinski definition) is 0. The van der Waals surface area contributed by atoms with Gasteiger partial charge < -0.3 is 9.47 Å². The molecule has 3 nitrogen and oxygen atoms in total. The van der Waals surface area contributed by atoms with Crippen LogP contribution in [0.2, 0.25) is 0 Å². The number of carbonyl (C=O) groups excluding carboxylic acids is 1. The summed E-state index contributed by atoms with van der Waals surface area (Å²) in [5, 5.41) is 0. The number of esters is 1. The lowest BCUT2D eigenvalue weighted by Crippen LogP contribution is -2.03. The first-order valence-corrected chi connectivity index (χ1v) is 5.89. The second-order valence-electron chi connectivity index (χ2n) is 4.01. The van der Waals surface area contributed by atoms with E-state index in [1.165, 1.54) is 6.26 Å². The molecule has 17 heavy (non-hydrogen) atoms. The van der Waals surface area contributed by atoms with Crippen LogP contribution in [0.25, 0.3) is 0 Å². The molecule has 1 saturated heterocycles. The van der Waals surface area contributed by atoms with Gasteiger partial charge in [-0.15, -0.1) is 0 Å². The van der Waals surface area contributed by atoms with Crippen molar-refractivity contribution in [2.24, 2.45) is 0 Å². The first kappa shape index (κ1) is 11.9. The van der Waals surface area contributed by atoms with Crippen LogP contribution in [-0.2, 0) is 9.47 Å². The van der Waals surface area contributed by atoms with Crippen molar-refractivity contribution < 1.29 is 14.3 Å². The maximum Gasteiger partial charge on any atom is 0.342 e. The van der Waals surface area contributed by atoms with Gasteiger partial charge in [0.15, 0.2) is 0 Å². The number of benzene rings is 1. The van der Waals surface area contributed by atoms with Gasteiger partial charge in [0.1, 0.15) is 0 Å². The second-order valence-corrected chi connectivity index (χ2v) is 4.01. The van der Waals surface area contributed by atoms with Gasteiger partial charge in [0.05, 0.1) is 17.9 Å². The smallest absolute Gasteiger partial charge is 0.342 e. The van der Waals surface area contributed by atoms with Crippen molar-refractivity contribution in [3.63, 3.8) is 0 Å². The van der Waals surface area contributed by atoms with Gasteiger partial charge >= 0.3 is 5.97 Å². The van der Waals surface area contributed by atoms with E-state index in [9.17, 15) is 4.79 Å². The third-order valence-electron chi connectivity index (χ3n) is 2.70. The van der Waals surface area contributed by atoms with E-state index in [0.29, 0.717) is 11.7 Å². The minimum Gasteiger partial charge on any atom is -0.431 e. The monoisotopic (exact) mass is 232 g/mol. The predicted octanol–water partition coefficient (Wildman–Crippen LogP) is 2.93. The molecular weight excluding hydrogens is 216 g/mol. The van der Waals surface area contributed by atoms with Crippen molar-refractivity contribution in [2.45, 2.75) is 25.4 Å². The highest BCUT2D eigenvalue weighted by Crippen LogP contribution is 2.15. The zero-order chi connectivity index (χ0) is 11.9. The van der Waals surface area contributed by atoms with Crippen molar-refractivity contribution >= 4 is 5.97 Å². The highest BCUT2D eigenvalue weighted by molar-refractivity contribution is 5.89. The predicted molar refractivity (Wildman–Crippen MR) is 64.6 cm³/mol. The molecule has 1 fully saturated rings. The van der Waals surface area contributed by atoms with Crippen LogP contribution in [0.1, 0.15) is 29.6 Å². The van der Waals surface area contributed by atoms with Crippen molar-refractivity contribution in [2.75, 3.05) is 6.61 Å². The first-order valence-electron chi connectivity index (χ1n) is 5.89. The van der Waals surface area contributed by atoms with E-state index >= 15 is 0 Å². The van der Waals surface area contributed by atoms with E-state index in [1.54, 1.807) is 12.1 Å². The first-order chi connectivity index (χ1) is 8.36. The van der Waals surface area contributed by atoms with Gasteiger partial charge in [0.25, 0.3) is 0 Å². The topological polar surface area (TPSA) is 35.5 Å². The molecule has 0 bridgehead atoms. The van der Waals surface area contributed by atoms with E-state index in [1.807, 2.05) is 24.3 Å². The van der Waals surface area contributed by atoms with Crippen molar-refractivity contribution in [3.05, 3.63) is 48.2 Å². The number of ether oxygens (including phenoxy) is 2. The Morgan fingerprint density at radius 1 is 1.41 bits per heavy atom. The molecule has 1 heterocycles. The molecule has 1 aliphatic rings. The molecule has 0 radical (unpaired) electrons. The molecule has 0 amide bonds. The quantitative estimate of drug-likeness (QED) is 0.591. The van der Waals surface area contributed by atoms with Gasteiger partial charge in [-0.05, 0) is 37.5 Å². The molecule has 0 spiro atoms. The average Bonchev–Trinajstić information content (AvgIpc) is 2.88. The van der Waals surface area contributed by atoms with E-state index in [2.05, 4.69) is 0 Å². The third kappa shape index (κ3) is 3.71. The summed E-state index contributed by atoms with van der Waals surface area (Å²) in [4.78, 5) is 11.5. The molecule has 1 unspecified atom stereocenters. The highest BCUT2D eigenvalue weighted by atomic mass is 16.5. The van der Waals surface area contributed by atoms with Gasteiger partial charge in [-0.25, -0.2) is 4.79 Å². The summed E-state index contributed by atoms with van der Waals surface area (Å²) in [5.41, 5.74) is 0.564. The maximum atomic E-state index is 11.5. The maximum absolute atomic E-state index is 11.5. The molecule has 3 heteroatoms. The Balaban J connectivity index is 1.74. The van der Waals surface area contributed by atoms with Gasteiger partial charge in [-0.1, -0.05) is 18.2 Å². The Kier molecular flexibility index (Phi) is 4.33. The fourth-order valence-electron chi connectivity index (χ4n) is 1.79. The number of carbonyl (C=O) groups is 1. The minimum absolute atomic E-state index is 0.293. The van der Waals surface area contributed by atoms with Gasteiger partial charge in [0, 0.05) is 6.61 Å². The van der Waals surface area contributed by atoms with Crippen LogP contribution in [0.5, 0.6) is 0 Å². The summed E-state index contributed by atoms with van der Waals surface area (Å²) in [6.45, 7) is 0.850. The fourth-order valence-corrected chi connectivity index (χ4v) is 1.79. The fraction of sp³-hybridized carbons (Fsp3) is 0.357. The lowest BCUT2D eigenvalue weighted by molar-refractivity contribution is 0.0659. The van der Waals surface area contributed by atoms with Crippen LogP contribution in [0.15, 0.2) is 42.7 Å². The summed E-state index contributed by atoms with van der Waals surface area (Å²) in [5.74, 6) is -0.325. The molecule has 0 aliphatic carbocycles. The van der Waals surface area contributed by atoms with Gasteiger partial charge in [-0.2, -0.15) is 0 Å². The number of rotatable bonds is 4. The van der Waals surface area contributed by atoms with Crippen LogP contribution in [-0.4, -0.2) is 18.7 Å². The van der Waals surface area contributed by atoms with E-state index < -0.39 is 0 Å². The summed E-state index contributed by atoms with van der Waals surface area (Å²) in [7, 11) is 0. The Labute approximate surface area is 101 Å². The normalized spacial score (nSPS) is 19.6. The Hall–Kier alpha value is -1.61. The third-order valence-corrected chi connectivity index (χ3v) is 2.70. The molecule has 1 aromatic rings. The summed E-state index contributed by atoms with van der Waals surface area (Å²) in [6.07, 6.45) is 6.62. The zero-order valence-electron chi connectivity index (χ0n) is 9.67. The molecule has 0 aromatic heterocycles. The molecule has 1 aromatic carbocycles. The summed E-state index contributed by atoms with van der Waals surface area (Å²) < 4.78 is 10.5. The largest absolute Gasteiger partial charge is 0.431 e. The summed E-state index contributed by atoms with van der Waals surface area (Å²) in [6, 6.07) is 8.95. The Morgan fingerprint density at radius 3 is 2.94 bits per heavy atom. The second kappa shape index (κ2) is 6.21. The van der Waals surface area contributed by atoms with Gasteiger partial charge in [-0.3, -0.25) is 0 Å². The SMILES string of the molecule is O=C(OC=CCC1CCCO1)c1ccccc1. The van der Waals surface area contributed by atoms with E-state index in [4.69, 9.17) is 9.47 Å². The highest BCUT2D eigenvalue weighted by Gasteiger charge is 2.13. The lowest BCUT2D eigenvalue weighted by atomic mass is 10.2. The molecule has 2 rings (SSSR count). The van der Waals surface area contributed by atoms with Crippen molar-refractivity contribution in [3.8, 4) is 0 Å². The van der Waals surface area contributed by atoms with Crippen molar-refractivity contribution in [1.29, 1.82) is 0 Å². The van der Waals surface area contributed by atoms with Crippen LogP contribution >= 0.6 is 0 Å². The van der Waals surface area contributed by atoms with Crippen LogP contribution in [0, 0.1) is 0 Å². The van der Waals surface area contributed by atoms with Crippen LogP contribution in [0.3, 0.4) is 0 Å². The minimum atomic E-state index is -0.325. The molecule has 0 N–H and O–H groups in total. The molecule has 1 atom stereocenters. The lowest BCUT2D eigenvalue weighted by Gasteiger charge is -2.04.